The number of halogens is 1. The van der Waals surface area contributed by atoms with E-state index < -0.39 is 10.8 Å². The Kier molecular flexibility index (Phi) is 5.80. The zero-order valence-corrected chi connectivity index (χ0v) is 15.9. The minimum absolute atomic E-state index is 0.0111. The molecule has 1 amide bonds. The van der Waals surface area contributed by atoms with Gasteiger partial charge in [0.25, 0.3) is 11.6 Å². The molecule has 0 saturated carbocycles. The molecule has 9 nitrogen and oxygen atoms in total. The Morgan fingerprint density at radius 2 is 1.93 bits per heavy atom. The van der Waals surface area contributed by atoms with Crippen molar-refractivity contribution in [2.75, 3.05) is 0 Å². The third-order valence-corrected chi connectivity index (χ3v) is 4.28. The summed E-state index contributed by atoms with van der Waals surface area (Å²) in [4.78, 5) is 22.5. The number of hydrogen-bond acceptors (Lipinski definition) is 6. The number of nitrogens with one attached hydrogen (secondary N) is 1. The number of aromatic nitrogens is 2. The molecule has 0 unspecified atom stereocenters. The standard InChI is InChI=1S/C18H14BrN5O4/c19-16-11-23(10-13-1-5-14(6-2-13)24(27)28)22-17(16)18(26)21-20-9-12-3-7-15(25)8-4-12/h1-9,11,25H,10H2,(H,21,26). The lowest BCUT2D eigenvalue weighted by atomic mass is 10.2. The first kappa shape index (κ1) is 19.2. The van der Waals surface area contributed by atoms with E-state index in [0.717, 1.165) is 5.56 Å². The van der Waals surface area contributed by atoms with Crippen molar-refractivity contribution >= 4 is 33.7 Å². The molecule has 0 bridgehead atoms. The quantitative estimate of drug-likeness (QED) is 0.344. The van der Waals surface area contributed by atoms with E-state index in [1.807, 2.05) is 0 Å². The van der Waals surface area contributed by atoms with Gasteiger partial charge in [-0.3, -0.25) is 19.6 Å². The minimum Gasteiger partial charge on any atom is -0.508 e. The zero-order chi connectivity index (χ0) is 20.1. The monoisotopic (exact) mass is 443 g/mol. The highest BCUT2D eigenvalue weighted by Gasteiger charge is 2.15. The number of carbonyl (C=O) groups excluding carboxylic acids is 1. The van der Waals surface area contributed by atoms with Crippen LogP contribution in [0.15, 0.2) is 64.3 Å². The molecule has 0 aliphatic rings. The molecule has 1 heterocycles. The number of nitro benzene ring substituents is 1. The third-order valence-electron chi connectivity index (χ3n) is 3.70. The van der Waals surface area contributed by atoms with E-state index in [1.165, 1.54) is 30.5 Å². The van der Waals surface area contributed by atoms with Gasteiger partial charge in [0.15, 0.2) is 5.69 Å². The third kappa shape index (κ3) is 4.80. The summed E-state index contributed by atoms with van der Waals surface area (Å²) in [5, 5.41) is 28.0. The molecular formula is C18H14BrN5O4. The summed E-state index contributed by atoms with van der Waals surface area (Å²) in [7, 11) is 0. The molecule has 0 fully saturated rings. The number of hydrogen-bond donors (Lipinski definition) is 2. The van der Waals surface area contributed by atoms with Crippen LogP contribution >= 0.6 is 15.9 Å². The van der Waals surface area contributed by atoms with E-state index in [-0.39, 0.29) is 17.1 Å². The Labute approximate surface area is 167 Å². The van der Waals surface area contributed by atoms with Crippen molar-refractivity contribution < 1.29 is 14.8 Å². The van der Waals surface area contributed by atoms with Gasteiger partial charge in [-0.25, -0.2) is 5.43 Å². The largest absolute Gasteiger partial charge is 0.508 e. The molecule has 2 aromatic carbocycles. The number of hydrazone groups is 1. The van der Waals surface area contributed by atoms with Crippen LogP contribution in [0.5, 0.6) is 5.75 Å². The van der Waals surface area contributed by atoms with Gasteiger partial charge < -0.3 is 5.11 Å². The van der Waals surface area contributed by atoms with Crippen molar-refractivity contribution in [2.24, 2.45) is 5.10 Å². The van der Waals surface area contributed by atoms with Gasteiger partial charge in [0.05, 0.1) is 22.2 Å². The van der Waals surface area contributed by atoms with Gasteiger partial charge in [-0.15, -0.1) is 0 Å². The van der Waals surface area contributed by atoms with Gasteiger partial charge in [-0.1, -0.05) is 12.1 Å². The van der Waals surface area contributed by atoms with E-state index in [9.17, 15) is 20.0 Å². The van der Waals surface area contributed by atoms with E-state index in [1.54, 1.807) is 35.1 Å². The van der Waals surface area contributed by atoms with Crippen LogP contribution in [0.4, 0.5) is 5.69 Å². The predicted molar refractivity (Wildman–Crippen MR) is 105 cm³/mol. The van der Waals surface area contributed by atoms with Crippen LogP contribution in [0, 0.1) is 10.1 Å². The van der Waals surface area contributed by atoms with Gasteiger partial charge in [0.1, 0.15) is 5.75 Å². The molecular weight excluding hydrogens is 430 g/mol. The van der Waals surface area contributed by atoms with Crippen molar-refractivity contribution in [3.05, 3.63) is 86.1 Å². The fourth-order valence-electron chi connectivity index (χ4n) is 2.32. The van der Waals surface area contributed by atoms with E-state index >= 15 is 0 Å². The fraction of sp³-hybridized carbons (Fsp3) is 0.0556. The molecule has 0 aliphatic heterocycles. The van der Waals surface area contributed by atoms with Crippen molar-refractivity contribution in [3.8, 4) is 5.75 Å². The molecule has 142 valence electrons. The first-order valence-electron chi connectivity index (χ1n) is 8.01. The Morgan fingerprint density at radius 1 is 1.25 bits per heavy atom. The first-order chi connectivity index (χ1) is 13.4. The normalized spacial score (nSPS) is 10.9. The van der Waals surface area contributed by atoms with Crippen LogP contribution in [0.25, 0.3) is 0 Å². The summed E-state index contributed by atoms with van der Waals surface area (Å²) < 4.78 is 2.04. The zero-order valence-electron chi connectivity index (χ0n) is 14.3. The van der Waals surface area contributed by atoms with Crippen molar-refractivity contribution in [2.45, 2.75) is 6.54 Å². The second-order valence-electron chi connectivity index (χ2n) is 5.74. The maximum Gasteiger partial charge on any atom is 0.293 e. The van der Waals surface area contributed by atoms with E-state index in [4.69, 9.17) is 0 Å². The molecule has 2 N–H and O–H groups in total. The second-order valence-corrected chi connectivity index (χ2v) is 6.59. The first-order valence-corrected chi connectivity index (χ1v) is 8.80. The smallest absolute Gasteiger partial charge is 0.293 e. The van der Waals surface area contributed by atoms with Gasteiger partial charge in [0.2, 0.25) is 0 Å². The summed E-state index contributed by atoms with van der Waals surface area (Å²) >= 11 is 3.29. The molecule has 0 radical (unpaired) electrons. The number of aromatic hydroxyl groups is 1. The molecule has 0 atom stereocenters. The average Bonchev–Trinajstić information content (AvgIpc) is 3.04. The predicted octanol–water partition coefficient (Wildman–Crippen LogP) is 3.07. The molecule has 0 spiro atoms. The molecule has 3 rings (SSSR count). The lowest BCUT2D eigenvalue weighted by molar-refractivity contribution is -0.384. The van der Waals surface area contributed by atoms with Gasteiger partial charge >= 0.3 is 0 Å². The van der Waals surface area contributed by atoms with E-state index in [0.29, 0.717) is 16.6 Å². The molecule has 10 heteroatoms. The lowest BCUT2D eigenvalue weighted by Gasteiger charge is -2.01. The van der Waals surface area contributed by atoms with Crippen LogP contribution < -0.4 is 5.43 Å². The van der Waals surface area contributed by atoms with Crippen molar-refractivity contribution in [3.63, 3.8) is 0 Å². The number of amides is 1. The highest BCUT2D eigenvalue weighted by atomic mass is 79.9. The van der Waals surface area contributed by atoms with Crippen LogP contribution in [-0.2, 0) is 6.54 Å². The van der Waals surface area contributed by atoms with Gasteiger partial charge in [-0.2, -0.15) is 10.2 Å². The average molecular weight is 444 g/mol. The number of phenols is 1. The fourth-order valence-corrected chi connectivity index (χ4v) is 2.82. The topological polar surface area (TPSA) is 123 Å². The Balaban J connectivity index is 1.64. The molecule has 28 heavy (non-hydrogen) atoms. The number of rotatable bonds is 6. The van der Waals surface area contributed by atoms with Crippen LogP contribution in [0.1, 0.15) is 21.6 Å². The van der Waals surface area contributed by atoms with Crippen LogP contribution in [0.3, 0.4) is 0 Å². The molecule has 1 aromatic heterocycles. The number of phenolic OH excluding ortho intramolecular Hbond substituents is 1. The van der Waals surface area contributed by atoms with Crippen LogP contribution in [0.2, 0.25) is 0 Å². The SMILES string of the molecule is O=C(NN=Cc1ccc(O)cc1)c1nn(Cc2ccc([N+](=O)[O-])cc2)cc1Br. The maximum absolute atomic E-state index is 12.2. The van der Waals surface area contributed by atoms with E-state index in [2.05, 4.69) is 31.6 Å². The van der Waals surface area contributed by atoms with Crippen LogP contribution in [-0.4, -0.2) is 31.9 Å². The highest BCUT2D eigenvalue weighted by Crippen LogP contribution is 2.17. The number of benzene rings is 2. The lowest BCUT2D eigenvalue weighted by Crippen LogP contribution is -2.19. The Morgan fingerprint density at radius 3 is 2.57 bits per heavy atom. The molecule has 0 aliphatic carbocycles. The van der Waals surface area contributed by atoms with Crippen molar-refractivity contribution in [1.82, 2.24) is 15.2 Å². The highest BCUT2D eigenvalue weighted by molar-refractivity contribution is 9.10. The Bertz CT molecular complexity index is 1030. The van der Waals surface area contributed by atoms with Gasteiger partial charge in [0, 0.05) is 18.3 Å². The summed E-state index contributed by atoms with van der Waals surface area (Å²) in [6.45, 7) is 0.348. The minimum atomic E-state index is -0.496. The number of non-ortho nitro benzene ring substituents is 1. The molecule has 3 aromatic rings. The maximum atomic E-state index is 12.2. The molecule has 0 saturated heterocycles. The summed E-state index contributed by atoms with van der Waals surface area (Å²) in [5.74, 6) is -0.354. The number of nitro groups is 1. The number of carbonyl (C=O) groups is 1. The second kappa shape index (κ2) is 8.44. The number of nitrogens with zero attached hydrogens (tertiary/aromatic N) is 4. The van der Waals surface area contributed by atoms with Crippen molar-refractivity contribution in [1.29, 1.82) is 0 Å². The summed E-state index contributed by atoms with van der Waals surface area (Å²) in [5.41, 5.74) is 4.07. The summed E-state index contributed by atoms with van der Waals surface area (Å²) in [6.07, 6.45) is 3.08. The van der Waals surface area contributed by atoms with Gasteiger partial charge in [-0.05, 0) is 51.3 Å². The Hall–Kier alpha value is -3.53. The summed E-state index contributed by atoms with van der Waals surface area (Å²) in [6, 6.07) is 12.4.